The van der Waals surface area contributed by atoms with Crippen molar-refractivity contribution in [1.82, 2.24) is 0 Å². The molecular formula is C14H24O4. The van der Waals surface area contributed by atoms with Gasteiger partial charge in [-0.15, -0.1) is 0 Å². The number of carbonyl (C=O) groups excluding carboxylic acids is 2. The molecule has 0 saturated heterocycles. The van der Waals surface area contributed by atoms with Crippen molar-refractivity contribution >= 4 is 11.8 Å². The van der Waals surface area contributed by atoms with Crippen LogP contribution in [0.25, 0.3) is 0 Å². The number of Topliss-reactive ketones (excluding diaryl/α,β-unsaturated/α-hetero) is 1. The van der Waals surface area contributed by atoms with Crippen molar-refractivity contribution in [3.8, 4) is 0 Å². The van der Waals surface area contributed by atoms with Gasteiger partial charge < -0.3 is 9.47 Å². The van der Waals surface area contributed by atoms with Crippen LogP contribution in [0.15, 0.2) is 0 Å². The largest absolute Gasteiger partial charge is 0.465 e. The standard InChI is InChI=1S/C14H24O4/c1-3-10-17-11-9-14(13(16)18-4-2)8-6-5-7-12(14)15/h3-11H2,1-2H3. The highest BCUT2D eigenvalue weighted by Gasteiger charge is 2.47. The van der Waals surface area contributed by atoms with Gasteiger partial charge in [0.1, 0.15) is 11.2 Å². The molecule has 104 valence electrons. The molecule has 1 unspecified atom stereocenters. The number of hydrogen-bond acceptors (Lipinski definition) is 4. The fraction of sp³-hybridized carbons (Fsp3) is 0.857. The highest BCUT2D eigenvalue weighted by atomic mass is 16.5. The summed E-state index contributed by atoms with van der Waals surface area (Å²) in [7, 11) is 0. The van der Waals surface area contributed by atoms with Crippen molar-refractivity contribution in [2.45, 2.75) is 52.4 Å². The Morgan fingerprint density at radius 3 is 2.67 bits per heavy atom. The van der Waals surface area contributed by atoms with Gasteiger partial charge in [0.15, 0.2) is 0 Å². The Labute approximate surface area is 109 Å². The van der Waals surface area contributed by atoms with Crippen LogP contribution < -0.4 is 0 Å². The smallest absolute Gasteiger partial charge is 0.319 e. The molecule has 0 spiro atoms. The minimum absolute atomic E-state index is 0.0345. The average molecular weight is 256 g/mol. The fourth-order valence-electron chi connectivity index (χ4n) is 2.44. The molecule has 4 heteroatoms. The van der Waals surface area contributed by atoms with Crippen molar-refractivity contribution < 1.29 is 19.1 Å². The van der Waals surface area contributed by atoms with E-state index in [1.54, 1.807) is 6.92 Å². The number of ketones is 1. The molecule has 0 radical (unpaired) electrons. The summed E-state index contributed by atoms with van der Waals surface area (Å²) in [5, 5.41) is 0. The van der Waals surface area contributed by atoms with E-state index in [1.807, 2.05) is 6.92 Å². The summed E-state index contributed by atoms with van der Waals surface area (Å²) < 4.78 is 10.5. The van der Waals surface area contributed by atoms with E-state index in [0.717, 1.165) is 19.3 Å². The van der Waals surface area contributed by atoms with Crippen LogP contribution in [0.4, 0.5) is 0 Å². The van der Waals surface area contributed by atoms with E-state index in [9.17, 15) is 9.59 Å². The van der Waals surface area contributed by atoms with Crippen LogP contribution in [0.5, 0.6) is 0 Å². The van der Waals surface area contributed by atoms with Crippen molar-refractivity contribution in [2.24, 2.45) is 5.41 Å². The van der Waals surface area contributed by atoms with Crippen LogP contribution >= 0.6 is 0 Å². The zero-order chi connectivity index (χ0) is 13.4. The first-order valence-corrected chi connectivity index (χ1v) is 6.95. The van der Waals surface area contributed by atoms with Gasteiger partial charge in [-0.05, 0) is 32.6 Å². The third-order valence-corrected chi connectivity index (χ3v) is 3.48. The summed E-state index contributed by atoms with van der Waals surface area (Å²) in [5.74, 6) is -0.318. The lowest BCUT2D eigenvalue weighted by molar-refractivity contribution is -0.163. The molecule has 0 aromatic rings. The van der Waals surface area contributed by atoms with Gasteiger partial charge in [-0.3, -0.25) is 9.59 Å². The SMILES string of the molecule is CCCOCCC1(C(=O)OCC)CCCCC1=O. The topological polar surface area (TPSA) is 52.6 Å². The second-order valence-electron chi connectivity index (χ2n) is 4.80. The summed E-state index contributed by atoms with van der Waals surface area (Å²) in [6, 6.07) is 0. The summed E-state index contributed by atoms with van der Waals surface area (Å²) in [6.45, 7) is 5.26. The molecule has 0 aromatic heterocycles. The molecule has 1 fully saturated rings. The van der Waals surface area contributed by atoms with Gasteiger partial charge in [0.05, 0.1) is 6.61 Å². The Kier molecular flexibility index (Phi) is 6.33. The van der Waals surface area contributed by atoms with Crippen LogP contribution in [-0.4, -0.2) is 31.6 Å². The van der Waals surface area contributed by atoms with Crippen molar-refractivity contribution in [3.63, 3.8) is 0 Å². The van der Waals surface area contributed by atoms with Crippen molar-refractivity contribution in [1.29, 1.82) is 0 Å². The first-order chi connectivity index (χ1) is 8.67. The maximum Gasteiger partial charge on any atom is 0.319 e. The van der Waals surface area contributed by atoms with E-state index in [-0.39, 0.29) is 11.8 Å². The van der Waals surface area contributed by atoms with Crippen molar-refractivity contribution in [3.05, 3.63) is 0 Å². The molecular weight excluding hydrogens is 232 g/mol. The fourth-order valence-corrected chi connectivity index (χ4v) is 2.44. The highest BCUT2D eigenvalue weighted by Crippen LogP contribution is 2.37. The summed E-state index contributed by atoms with van der Waals surface area (Å²) >= 11 is 0. The second-order valence-corrected chi connectivity index (χ2v) is 4.80. The zero-order valence-electron chi connectivity index (χ0n) is 11.5. The Hall–Kier alpha value is -0.900. The van der Waals surface area contributed by atoms with Gasteiger partial charge in [0.25, 0.3) is 0 Å². The van der Waals surface area contributed by atoms with Gasteiger partial charge in [-0.25, -0.2) is 0 Å². The molecule has 1 aliphatic carbocycles. The minimum Gasteiger partial charge on any atom is -0.465 e. The quantitative estimate of drug-likeness (QED) is 0.399. The Bertz CT molecular complexity index is 288. The minimum atomic E-state index is -0.929. The molecule has 0 bridgehead atoms. The second kappa shape index (κ2) is 7.52. The van der Waals surface area contributed by atoms with E-state index in [4.69, 9.17) is 9.47 Å². The van der Waals surface area contributed by atoms with E-state index in [1.165, 1.54) is 0 Å². The normalized spacial score (nSPS) is 24.0. The van der Waals surface area contributed by atoms with Crippen LogP contribution in [0, 0.1) is 5.41 Å². The van der Waals surface area contributed by atoms with Gasteiger partial charge in [-0.2, -0.15) is 0 Å². The van der Waals surface area contributed by atoms with E-state index in [0.29, 0.717) is 39.1 Å². The first-order valence-electron chi connectivity index (χ1n) is 6.95. The van der Waals surface area contributed by atoms with E-state index >= 15 is 0 Å². The third kappa shape index (κ3) is 3.55. The molecule has 0 aromatic carbocycles. The zero-order valence-corrected chi connectivity index (χ0v) is 11.5. The molecule has 18 heavy (non-hydrogen) atoms. The van der Waals surface area contributed by atoms with E-state index < -0.39 is 5.41 Å². The van der Waals surface area contributed by atoms with Crippen molar-refractivity contribution in [2.75, 3.05) is 19.8 Å². The molecule has 0 N–H and O–H groups in total. The summed E-state index contributed by atoms with van der Waals surface area (Å²) in [5.41, 5.74) is -0.929. The Balaban J connectivity index is 2.67. The van der Waals surface area contributed by atoms with Crippen LogP contribution in [0.3, 0.4) is 0 Å². The van der Waals surface area contributed by atoms with Gasteiger partial charge in [0.2, 0.25) is 0 Å². The number of carbonyl (C=O) groups is 2. The first kappa shape index (κ1) is 15.2. The average Bonchev–Trinajstić information content (AvgIpc) is 2.37. The molecule has 4 nitrogen and oxygen atoms in total. The number of esters is 1. The molecule has 0 amide bonds. The molecule has 0 aliphatic heterocycles. The number of ether oxygens (including phenoxy) is 2. The molecule has 1 aliphatic rings. The number of hydrogen-bond donors (Lipinski definition) is 0. The number of rotatable bonds is 7. The predicted octanol–water partition coefficient (Wildman–Crippen LogP) is 2.50. The van der Waals surface area contributed by atoms with E-state index in [2.05, 4.69) is 0 Å². The lowest BCUT2D eigenvalue weighted by Gasteiger charge is -2.33. The van der Waals surface area contributed by atoms with Crippen LogP contribution in [0.1, 0.15) is 52.4 Å². The van der Waals surface area contributed by atoms with Crippen LogP contribution in [0.2, 0.25) is 0 Å². The maximum atomic E-state index is 12.1. The Morgan fingerprint density at radius 2 is 2.06 bits per heavy atom. The van der Waals surface area contributed by atoms with Gasteiger partial charge in [-0.1, -0.05) is 13.3 Å². The molecule has 0 heterocycles. The van der Waals surface area contributed by atoms with Gasteiger partial charge >= 0.3 is 5.97 Å². The molecule has 1 saturated carbocycles. The Morgan fingerprint density at radius 1 is 1.28 bits per heavy atom. The lowest BCUT2D eigenvalue weighted by Crippen LogP contribution is -2.43. The monoisotopic (exact) mass is 256 g/mol. The predicted molar refractivity (Wildman–Crippen MR) is 68.3 cm³/mol. The highest BCUT2D eigenvalue weighted by molar-refractivity contribution is 6.04. The molecule has 1 rings (SSSR count). The lowest BCUT2D eigenvalue weighted by atomic mass is 9.71. The summed E-state index contributed by atoms with van der Waals surface area (Å²) in [6.07, 6.45) is 4.31. The van der Waals surface area contributed by atoms with Crippen LogP contribution in [-0.2, 0) is 19.1 Å². The van der Waals surface area contributed by atoms with Gasteiger partial charge in [0, 0.05) is 19.6 Å². The maximum absolute atomic E-state index is 12.1. The third-order valence-electron chi connectivity index (χ3n) is 3.48. The molecule has 1 atom stereocenters. The summed E-state index contributed by atoms with van der Waals surface area (Å²) in [4.78, 5) is 24.2.